The third-order valence-electron chi connectivity index (χ3n) is 0.988. The van der Waals surface area contributed by atoms with Crippen LogP contribution in [0.2, 0.25) is 0 Å². The van der Waals surface area contributed by atoms with Crippen molar-refractivity contribution in [2.24, 2.45) is 20.0 Å². The predicted molar refractivity (Wildman–Crippen MR) is 70.3 cm³/mol. The van der Waals surface area contributed by atoms with E-state index in [0.717, 1.165) is 12.8 Å². The van der Waals surface area contributed by atoms with Gasteiger partial charge in [0.1, 0.15) is 0 Å². The molecule has 0 fully saturated rings. The Balaban J connectivity index is -0.0000000408. The SMILES string of the molecule is C[C-]=N[CH-]N=[C-]CC.C[C-]=N[CH-]N=[C-]CC.[Y].[Y].[Y].[Y]. The summed E-state index contributed by atoms with van der Waals surface area (Å²) in [6.45, 7) is 10.2. The first kappa shape index (κ1) is 38.4. The Hall–Kier alpha value is 2.84. The van der Waals surface area contributed by atoms with Crippen molar-refractivity contribution in [2.45, 2.75) is 40.5 Å². The van der Waals surface area contributed by atoms with Crippen LogP contribution in [-0.4, -0.2) is 24.9 Å². The third kappa shape index (κ3) is 49.8. The zero-order valence-corrected chi connectivity index (χ0v) is 24.0. The van der Waals surface area contributed by atoms with E-state index in [-0.39, 0.29) is 131 Å². The second-order valence-electron chi connectivity index (χ2n) is 2.22. The van der Waals surface area contributed by atoms with Crippen LogP contribution in [0.5, 0.6) is 0 Å². The van der Waals surface area contributed by atoms with Crippen molar-refractivity contribution >= 4 is 24.9 Å². The first-order chi connectivity index (χ1) is 7.83. The minimum Gasteiger partial charge on any atom is -0.643 e. The van der Waals surface area contributed by atoms with Crippen LogP contribution in [-0.2, 0) is 131 Å². The zero-order chi connectivity index (χ0) is 12.5. The molecule has 0 spiro atoms. The molecular weight excluding hydrogens is 556 g/mol. The Kier molecular flexibility index (Phi) is 82.7. The molecule has 0 aromatic heterocycles. The van der Waals surface area contributed by atoms with Gasteiger partial charge in [-0.2, -0.15) is 26.7 Å². The monoisotopic (exact) mass is 574 g/mol. The van der Waals surface area contributed by atoms with Gasteiger partial charge in [-0.05, 0) is 0 Å². The molecule has 0 aliphatic heterocycles. The molecule has 4 radical (unpaired) electrons. The van der Waals surface area contributed by atoms with Crippen LogP contribution < -0.4 is 0 Å². The van der Waals surface area contributed by atoms with Crippen molar-refractivity contribution in [3.63, 3.8) is 0 Å². The van der Waals surface area contributed by atoms with Gasteiger partial charge in [-0.15, -0.1) is 0 Å². The van der Waals surface area contributed by atoms with E-state index in [0.29, 0.717) is 0 Å². The Morgan fingerprint density at radius 3 is 1.15 bits per heavy atom. The van der Waals surface area contributed by atoms with Crippen LogP contribution in [0.4, 0.5) is 0 Å². The molecule has 104 valence electrons. The van der Waals surface area contributed by atoms with Gasteiger partial charge in [0.15, 0.2) is 0 Å². The predicted octanol–water partition coefficient (Wildman–Crippen LogP) is 2.85. The summed E-state index contributed by atoms with van der Waals surface area (Å²) < 4.78 is 0. The van der Waals surface area contributed by atoms with E-state index >= 15 is 0 Å². The van der Waals surface area contributed by atoms with Gasteiger partial charge in [0.2, 0.25) is 0 Å². The number of hydrogen-bond acceptors (Lipinski definition) is 4. The van der Waals surface area contributed by atoms with Gasteiger partial charge in [-0.25, -0.2) is 0 Å². The van der Waals surface area contributed by atoms with Crippen molar-refractivity contribution in [2.75, 3.05) is 0 Å². The molecule has 0 rings (SSSR count). The van der Waals surface area contributed by atoms with Crippen LogP contribution in [0.3, 0.4) is 0 Å². The van der Waals surface area contributed by atoms with Gasteiger partial charge in [-0.3, -0.25) is 13.3 Å². The standard InChI is InChI=1S/2C6H9N2.4Y/c2*1-3-5-8-6-7-4-2;;;;/h2*6H,3H2,1-2H3;;;;/q2*-3;;;;. The zero-order valence-electron chi connectivity index (χ0n) is 12.7. The second-order valence-corrected chi connectivity index (χ2v) is 2.22. The summed E-state index contributed by atoms with van der Waals surface area (Å²) in [5.41, 5.74) is 0. The smallest absolute Gasteiger partial charge is 0 e. The molecule has 0 aromatic rings. The molecule has 0 bridgehead atoms. The molecule has 0 unspecified atom stereocenters. The normalized spacial score (nSPS) is 9.00. The molecule has 0 N–H and O–H groups in total. The summed E-state index contributed by atoms with van der Waals surface area (Å²) in [6.07, 6.45) is 12.2. The van der Waals surface area contributed by atoms with Crippen molar-refractivity contribution in [3.8, 4) is 0 Å². The van der Waals surface area contributed by atoms with Gasteiger partial charge >= 0.3 is 0 Å². The number of rotatable bonds is 6. The van der Waals surface area contributed by atoms with E-state index in [1.165, 1.54) is 13.3 Å². The van der Waals surface area contributed by atoms with Crippen LogP contribution in [0, 0.1) is 13.3 Å². The van der Waals surface area contributed by atoms with Crippen LogP contribution in [0.15, 0.2) is 20.0 Å². The van der Waals surface area contributed by atoms with Gasteiger partial charge in [0.05, 0.1) is 0 Å². The summed E-state index contributed by atoms with van der Waals surface area (Å²) in [6, 6.07) is 0. The Labute approximate surface area is 225 Å². The minimum absolute atomic E-state index is 0. The molecule has 0 heterocycles. The average Bonchev–Trinajstić information content (AvgIpc) is 2.31. The first-order valence-corrected chi connectivity index (χ1v) is 5.05. The van der Waals surface area contributed by atoms with Crippen LogP contribution in [0.25, 0.3) is 0 Å². The van der Waals surface area contributed by atoms with Gasteiger partial charge in [0, 0.05) is 131 Å². The summed E-state index contributed by atoms with van der Waals surface area (Å²) in [4.78, 5) is 14.6. The molecule has 0 aromatic carbocycles. The number of aliphatic imine (C=N–C) groups is 4. The average molecular weight is 574 g/mol. The van der Waals surface area contributed by atoms with Gasteiger partial charge < -0.3 is 44.8 Å². The molecule has 0 amide bonds. The Morgan fingerprint density at radius 1 is 0.650 bits per heavy atom. The topological polar surface area (TPSA) is 49.4 Å². The molecule has 0 saturated carbocycles. The summed E-state index contributed by atoms with van der Waals surface area (Å²) in [5.74, 6) is 0. The van der Waals surface area contributed by atoms with Crippen LogP contribution >= 0.6 is 0 Å². The molecule has 0 saturated heterocycles. The fraction of sp³-hybridized carbons (Fsp3) is 0.500. The molecule has 0 aliphatic rings. The molecule has 20 heavy (non-hydrogen) atoms. The van der Waals surface area contributed by atoms with E-state index in [1.807, 2.05) is 13.8 Å². The van der Waals surface area contributed by atoms with Crippen molar-refractivity contribution in [3.05, 3.63) is 13.3 Å². The largest absolute Gasteiger partial charge is 0.643 e. The van der Waals surface area contributed by atoms with E-state index in [9.17, 15) is 0 Å². The molecular formula is C12H18N4Y4-6. The summed E-state index contributed by atoms with van der Waals surface area (Å²) in [7, 11) is 0. The third-order valence-corrected chi connectivity index (χ3v) is 0.988. The van der Waals surface area contributed by atoms with E-state index in [2.05, 4.69) is 44.8 Å². The maximum absolute atomic E-state index is 3.68. The maximum Gasteiger partial charge on any atom is 0 e. The van der Waals surface area contributed by atoms with E-state index in [1.54, 1.807) is 13.8 Å². The molecule has 0 aliphatic carbocycles. The molecule has 0 atom stereocenters. The fourth-order valence-corrected chi connectivity index (χ4v) is 0.437. The molecule has 8 heteroatoms. The number of hydrogen-bond donors (Lipinski definition) is 0. The number of nitrogens with zero attached hydrogens (tertiary/aromatic N) is 4. The first-order valence-electron chi connectivity index (χ1n) is 5.05. The van der Waals surface area contributed by atoms with Crippen LogP contribution in [0.1, 0.15) is 40.5 Å². The van der Waals surface area contributed by atoms with Gasteiger partial charge in [0.25, 0.3) is 0 Å². The minimum atomic E-state index is 0. The Bertz CT molecular complexity index is 207. The Morgan fingerprint density at radius 2 is 0.950 bits per heavy atom. The van der Waals surface area contributed by atoms with Gasteiger partial charge in [-0.1, -0.05) is 13.8 Å². The maximum atomic E-state index is 3.68. The van der Waals surface area contributed by atoms with E-state index in [4.69, 9.17) is 0 Å². The summed E-state index contributed by atoms with van der Waals surface area (Å²) in [5, 5.41) is 0. The van der Waals surface area contributed by atoms with Crippen molar-refractivity contribution in [1.29, 1.82) is 0 Å². The van der Waals surface area contributed by atoms with E-state index < -0.39 is 0 Å². The fourth-order valence-electron chi connectivity index (χ4n) is 0.437. The van der Waals surface area contributed by atoms with Crippen molar-refractivity contribution < 1.29 is 131 Å². The second kappa shape index (κ2) is 43.1. The van der Waals surface area contributed by atoms with Crippen molar-refractivity contribution in [1.82, 2.24) is 0 Å². The quantitative estimate of drug-likeness (QED) is 0.347. The summed E-state index contributed by atoms with van der Waals surface area (Å²) >= 11 is 0. The molecule has 4 nitrogen and oxygen atoms in total.